The molecule has 0 radical (unpaired) electrons. The third kappa shape index (κ3) is 3.97. The fourth-order valence-corrected chi connectivity index (χ4v) is 6.40. The van der Waals surface area contributed by atoms with E-state index in [1.54, 1.807) is 0 Å². The molecule has 98 valence electrons. The minimum absolute atomic E-state index is 0.245. The zero-order valence-electron chi connectivity index (χ0n) is 12.2. The molecule has 0 aliphatic carbocycles. The van der Waals surface area contributed by atoms with Crippen molar-refractivity contribution in [3.05, 3.63) is 12.7 Å². The predicted octanol–water partition coefficient (Wildman–Crippen LogP) is 4.50. The van der Waals surface area contributed by atoms with Crippen LogP contribution in [0.1, 0.15) is 41.5 Å². The summed E-state index contributed by atoms with van der Waals surface area (Å²) >= 11 is 0. The van der Waals surface area contributed by atoms with Crippen LogP contribution in [0.15, 0.2) is 12.7 Å². The lowest BCUT2D eigenvalue weighted by atomic mass is 10.1. The molecule has 0 spiro atoms. The first-order valence-corrected chi connectivity index (χ1v) is 8.77. The van der Waals surface area contributed by atoms with Crippen molar-refractivity contribution in [2.75, 3.05) is 0 Å². The van der Waals surface area contributed by atoms with E-state index in [2.05, 4.69) is 40.3 Å². The van der Waals surface area contributed by atoms with Gasteiger partial charge in [-0.25, -0.2) is 0 Å². The zero-order valence-corrected chi connectivity index (χ0v) is 13.2. The van der Waals surface area contributed by atoms with E-state index in [0.717, 1.165) is 6.04 Å². The van der Waals surface area contributed by atoms with Gasteiger partial charge in [0, 0.05) is 0 Å². The van der Waals surface area contributed by atoms with Gasteiger partial charge in [0.15, 0.2) is 0 Å². The summed E-state index contributed by atoms with van der Waals surface area (Å²) < 4.78 is 6.32. The Hall–Kier alpha value is -0.593. The predicted molar refractivity (Wildman–Crippen MR) is 76.3 cm³/mol. The lowest BCUT2D eigenvalue weighted by Gasteiger charge is -2.40. The number of hydrogen-bond donors (Lipinski definition) is 0. The van der Waals surface area contributed by atoms with Gasteiger partial charge in [-0.15, -0.1) is 6.58 Å². The van der Waals surface area contributed by atoms with Crippen molar-refractivity contribution in [2.24, 2.45) is 5.92 Å². The minimum atomic E-state index is -1.94. The summed E-state index contributed by atoms with van der Waals surface area (Å²) in [5.74, 6) is 0.245. The summed E-state index contributed by atoms with van der Waals surface area (Å²) in [6, 6.07) is 3.23. The van der Waals surface area contributed by atoms with E-state index in [9.17, 15) is 5.26 Å². The average Bonchev–Trinajstić information content (AvgIpc) is 2.22. The van der Waals surface area contributed by atoms with Crippen molar-refractivity contribution in [3.63, 3.8) is 0 Å². The number of nitrogens with zero attached hydrogens (tertiary/aromatic N) is 1. The van der Waals surface area contributed by atoms with E-state index in [0.29, 0.717) is 11.1 Å². The third-order valence-electron chi connectivity index (χ3n) is 3.50. The van der Waals surface area contributed by atoms with Gasteiger partial charge in [-0.3, -0.25) is 0 Å². The van der Waals surface area contributed by atoms with Gasteiger partial charge in [0.25, 0.3) is 0 Å². The molecule has 0 saturated carbocycles. The molecule has 0 aromatic rings. The average molecular weight is 253 g/mol. The van der Waals surface area contributed by atoms with Crippen molar-refractivity contribution in [2.45, 2.75) is 64.8 Å². The van der Waals surface area contributed by atoms with Crippen molar-refractivity contribution in [1.82, 2.24) is 0 Å². The third-order valence-corrected chi connectivity index (χ3v) is 9.03. The lowest BCUT2D eigenvalue weighted by molar-refractivity contribution is 0.182. The van der Waals surface area contributed by atoms with Crippen LogP contribution in [0.4, 0.5) is 0 Å². The molecule has 0 aromatic heterocycles. The topological polar surface area (TPSA) is 33.0 Å². The van der Waals surface area contributed by atoms with Crippen molar-refractivity contribution in [3.8, 4) is 6.07 Å². The molecule has 0 aliphatic rings. The molecule has 0 fully saturated rings. The van der Waals surface area contributed by atoms with Crippen LogP contribution in [0.5, 0.6) is 0 Å². The molecule has 17 heavy (non-hydrogen) atoms. The molecule has 0 aromatic carbocycles. The Kier molecular flexibility index (Phi) is 6.73. The Balaban J connectivity index is 5.17. The quantitative estimate of drug-likeness (QED) is 0.494. The van der Waals surface area contributed by atoms with Gasteiger partial charge in [0.05, 0.1) is 6.07 Å². The molecule has 0 aliphatic heterocycles. The highest BCUT2D eigenvalue weighted by atomic mass is 28.4. The van der Waals surface area contributed by atoms with Gasteiger partial charge >= 0.3 is 0 Å². The summed E-state index contributed by atoms with van der Waals surface area (Å²) in [4.78, 5) is 0. The summed E-state index contributed by atoms with van der Waals surface area (Å²) in [6.07, 6.45) is 1.67. The van der Waals surface area contributed by atoms with Crippen molar-refractivity contribution in [1.29, 1.82) is 5.26 Å². The smallest absolute Gasteiger partial charge is 0.203 e. The molecule has 0 bridgehead atoms. The van der Waals surface area contributed by atoms with Crippen LogP contribution in [0.3, 0.4) is 0 Å². The molecule has 1 unspecified atom stereocenters. The Bertz CT molecular complexity index is 270. The van der Waals surface area contributed by atoms with E-state index in [1.807, 2.05) is 19.9 Å². The Labute approximate surface area is 108 Å². The molecular weight excluding hydrogens is 226 g/mol. The van der Waals surface area contributed by atoms with Gasteiger partial charge in [-0.1, -0.05) is 47.6 Å². The summed E-state index contributed by atoms with van der Waals surface area (Å²) in [7, 11) is -1.94. The largest absolute Gasteiger partial charge is 0.400 e. The monoisotopic (exact) mass is 253 g/mol. The molecule has 0 heterocycles. The highest BCUT2D eigenvalue weighted by Crippen LogP contribution is 2.38. The molecule has 3 heteroatoms. The summed E-state index contributed by atoms with van der Waals surface area (Å²) in [5.41, 5.74) is 0.991. The van der Waals surface area contributed by atoms with E-state index >= 15 is 0 Å². The van der Waals surface area contributed by atoms with E-state index in [-0.39, 0.29) is 12.0 Å². The van der Waals surface area contributed by atoms with Crippen molar-refractivity contribution >= 4 is 8.32 Å². The number of hydrogen-bond acceptors (Lipinski definition) is 2. The molecular formula is C14H27NOSi. The normalized spacial score (nSPS) is 14.1. The van der Waals surface area contributed by atoms with Crippen LogP contribution < -0.4 is 0 Å². The number of nitriles is 1. The van der Waals surface area contributed by atoms with Crippen LogP contribution in [-0.4, -0.2) is 14.4 Å². The van der Waals surface area contributed by atoms with Crippen molar-refractivity contribution < 1.29 is 4.43 Å². The Morgan fingerprint density at radius 2 is 1.65 bits per heavy atom. The maximum Gasteiger partial charge on any atom is 0.203 e. The fourth-order valence-electron chi connectivity index (χ4n) is 2.23. The highest BCUT2D eigenvalue weighted by molar-refractivity contribution is 6.76. The molecule has 0 saturated heterocycles. The second-order valence-corrected chi connectivity index (χ2v) is 10.5. The zero-order chi connectivity index (χ0) is 13.6. The van der Waals surface area contributed by atoms with Crippen LogP contribution in [0.2, 0.25) is 17.1 Å². The van der Waals surface area contributed by atoms with E-state index < -0.39 is 8.32 Å². The summed E-state index contributed by atoms with van der Waals surface area (Å²) in [5, 5.41) is 9.21. The number of rotatable bonds is 7. The van der Waals surface area contributed by atoms with Gasteiger partial charge in [-0.05, 0) is 23.0 Å². The van der Waals surface area contributed by atoms with Gasteiger partial charge < -0.3 is 4.43 Å². The van der Waals surface area contributed by atoms with Gasteiger partial charge in [0.1, 0.15) is 6.10 Å². The molecule has 1 atom stereocenters. The van der Waals surface area contributed by atoms with Gasteiger partial charge in [0.2, 0.25) is 8.32 Å². The summed E-state index contributed by atoms with van der Waals surface area (Å²) in [6.45, 7) is 16.8. The molecule has 0 N–H and O–H groups in total. The molecule has 0 rings (SSSR count). The van der Waals surface area contributed by atoms with E-state index in [1.165, 1.54) is 0 Å². The SMILES string of the molecule is C=CC[Si](OC(C#N)C(C)C)(C(C)C)C(C)C. The first kappa shape index (κ1) is 16.4. The van der Waals surface area contributed by atoms with Crippen LogP contribution in [0.25, 0.3) is 0 Å². The lowest BCUT2D eigenvalue weighted by Crippen LogP contribution is -2.47. The Morgan fingerprint density at radius 1 is 1.18 bits per heavy atom. The number of allylic oxidation sites excluding steroid dienone is 1. The van der Waals surface area contributed by atoms with Crippen LogP contribution in [-0.2, 0) is 4.43 Å². The minimum Gasteiger partial charge on any atom is -0.400 e. The van der Waals surface area contributed by atoms with Gasteiger partial charge in [-0.2, -0.15) is 5.26 Å². The molecule has 2 nitrogen and oxygen atoms in total. The second-order valence-electron chi connectivity index (χ2n) is 5.67. The molecule has 0 amide bonds. The second kappa shape index (κ2) is 6.98. The van der Waals surface area contributed by atoms with Crippen LogP contribution in [0, 0.1) is 17.2 Å². The standard InChI is InChI=1S/C14H27NOSi/c1-8-9-17(12(4)5,13(6)7)16-14(10-15)11(2)3/h8,11-14H,1,9H2,2-7H3. The first-order valence-electron chi connectivity index (χ1n) is 6.50. The highest BCUT2D eigenvalue weighted by Gasteiger charge is 2.43. The maximum atomic E-state index is 9.21. The Morgan fingerprint density at radius 3 is 1.88 bits per heavy atom. The maximum absolute atomic E-state index is 9.21. The van der Waals surface area contributed by atoms with E-state index in [4.69, 9.17) is 4.43 Å². The van der Waals surface area contributed by atoms with Crippen LogP contribution >= 0.6 is 0 Å². The first-order chi connectivity index (χ1) is 7.81. The fraction of sp³-hybridized carbons (Fsp3) is 0.786.